The second-order valence-corrected chi connectivity index (χ2v) is 6.18. The number of anilines is 1. The third kappa shape index (κ3) is 1.91. The van der Waals surface area contributed by atoms with E-state index in [2.05, 4.69) is 21.4 Å². The molecule has 1 aliphatic rings. The number of nitrogens with one attached hydrogen (secondary N) is 1. The summed E-state index contributed by atoms with van der Waals surface area (Å²) in [6.07, 6.45) is 1.77. The molecule has 1 unspecified atom stereocenters. The van der Waals surface area contributed by atoms with Crippen LogP contribution in [0.4, 0.5) is 5.95 Å². The zero-order chi connectivity index (χ0) is 17.7. The number of fused-ring (bicyclic) bond motifs is 4. The normalized spacial score (nSPS) is 16.3. The molecule has 3 N–H and O–H groups in total. The van der Waals surface area contributed by atoms with E-state index >= 15 is 0 Å². The van der Waals surface area contributed by atoms with Gasteiger partial charge in [-0.05, 0) is 29.8 Å². The van der Waals surface area contributed by atoms with Gasteiger partial charge < -0.3 is 11.1 Å². The molecule has 0 saturated heterocycles. The van der Waals surface area contributed by atoms with Crippen LogP contribution in [0, 0.1) is 11.3 Å². The summed E-state index contributed by atoms with van der Waals surface area (Å²) in [5, 5.41) is 13.9. The number of hydrogen-bond donors (Lipinski definition) is 2. The molecule has 4 aromatic rings. The monoisotopic (exact) mass is 338 g/mol. The number of hydrogen-bond acceptors (Lipinski definition) is 5. The van der Waals surface area contributed by atoms with Crippen molar-refractivity contribution in [2.75, 3.05) is 5.32 Å². The van der Waals surface area contributed by atoms with Gasteiger partial charge >= 0.3 is 0 Å². The molecule has 1 aliphatic heterocycles. The van der Waals surface area contributed by atoms with Crippen LogP contribution >= 0.6 is 0 Å². The molecule has 0 amide bonds. The summed E-state index contributed by atoms with van der Waals surface area (Å²) in [6, 6.07) is 19.6. The maximum atomic E-state index is 9.82. The second kappa shape index (κ2) is 5.33. The molecular formula is C20H14N6. The van der Waals surface area contributed by atoms with E-state index in [1.807, 2.05) is 59.2 Å². The average molecular weight is 338 g/mol. The Morgan fingerprint density at radius 1 is 1.04 bits per heavy atom. The number of nitriles is 1. The van der Waals surface area contributed by atoms with Crippen LogP contribution in [0.25, 0.3) is 21.9 Å². The average Bonchev–Trinajstić information content (AvgIpc) is 3.04. The number of pyridine rings is 1. The van der Waals surface area contributed by atoms with Crippen LogP contribution in [0.15, 0.2) is 72.2 Å². The first-order valence-corrected chi connectivity index (χ1v) is 8.25. The fourth-order valence-electron chi connectivity index (χ4n) is 3.63. The highest BCUT2D eigenvalue weighted by Crippen LogP contribution is 2.39. The number of nitrogens with zero attached hydrogens (tertiary/aromatic N) is 4. The minimum Gasteiger partial charge on any atom is -0.384 e. The summed E-state index contributed by atoms with van der Waals surface area (Å²) in [5.74, 6) is 0.967. The summed E-state index contributed by atoms with van der Waals surface area (Å²) in [7, 11) is 0. The molecule has 1 atom stereocenters. The lowest BCUT2D eigenvalue weighted by Crippen LogP contribution is -2.27. The molecule has 6 heteroatoms. The first-order valence-electron chi connectivity index (χ1n) is 8.25. The molecule has 6 nitrogen and oxygen atoms in total. The number of rotatable bonds is 1. The van der Waals surface area contributed by atoms with E-state index in [1.54, 1.807) is 6.20 Å². The highest BCUT2D eigenvalue weighted by Gasteiger charge is 2.32. The summed E-state index contributed by atoms with van der Waals surface area (Å²) < 4.78 is 2.03. The molecule has 2 aromatic carbocycles. The maximum Gasteiger partial charge on any atom is 0.210 e. The predicted molar refractivity (Wildman–Crippen MR) is 100 cm³/mol. The van der Waals surface area contributed by atoms with Crippen LogP contribution in [-0.2, 0) is 0 Å². The van der Waals surface area contributed by atoms with E-state index in [-0.39, 0.29) is 6.04 Å². The van der Waals surface area contributed by atoms with Crippen molar-refractivity contribution in [2.24, 2.45) is 5.73 Å². The van der Waals surface area contributed by atoms with Crippen LogP contribution < -0.4 is 11.1 Å². The lowest BCUT2D eigenvalue weighted by Gasteiger charge is -2.28. The summed E-state index contributed by atoms with van der Waals surface area (Å²) in [6.45, 7) is 0. The topological polar surface area (TPSA) is 92.5 Å². The highest BCUT2D eigenvalue weighted by atomic mass is 15.3. The Hall–Kier alpha value is -3.85. The van der Waals surface area contributed by atoms with Gasteiger partial charge in [-0.25, -0.2) is 4.98 Å². The van der Waals surface area contributed by atoms with Gasteiger partial charge in [0.15, 0.2) is 0 Å². The van der Waals surface area contributed by atoms with Crippen LogP contribution in [0.2, 0.25) is 0 Å². The molecule has 5 rings (SSSR count). The standard InChI is InChI=1S/C20H14N6/c21-11-14-18(13-9-10-23-15-6-2-1-5-12(13)15)26-17-8-4-3-7-16(17)24-20(26)25-19(14)22/h1-10,18H,22H2,(H,24,25). The Bertz CT molecular complexity index is 1240. The zero-order valence-corrected chi connectivity index (χ0v) is 13.7. The van der Waals surface area contributed by atoms with Crippen molar-refractivity contribution in [3.05, 3.63) is 77.8 Å². The van der Waals surface area contributed by atoms with Crippen molar-refractivity contribution in [3.63, 3.8) is 0 Å². The number of para-hydroxylation sites is 3. The fourth-order valence-corrected chi connectivity index (χ4v) is 3.63. The molecule has 0 spiro atoms. The van der Waals surface area contributed by atoms with E-state index in [0.717, 1.165) is 27.5 Å². The molecular weight excluding hydrogens is 324 g/mol. The number of nitrogens with two attached hydrogens (primary N) is 1. The van der Waals surface area contributed by atoms with Crippen molar-refractivity contribution in [1.29, 1.82) is 5.26 Å². The molecule has 124 valence electrons. The maximum absolute atomic E-state index is 9.82. The summed E-state index contributed by atoms with van der Waals surface area (Å²) in [5.41, 5.74) is 10.3. The van der Waals surface area contributed by atoms with Gasteiger partial charge in [0.25, 0.3) is 0 Å². The van der Waals surface area contributed by atoms with E-state index < -0.39 is 0 Å². The lowest BCUT2D eigenvalue weighted by molar-refractivity contribution is 0.684. The number of allylic oxidation sites excluding steroid dienone is 1. The second-order valence-electron chi connectivity index (χ2n) is 6.18. The Balaban J connectivity index is 1.89. The number of imidazole rings is 1. The highest BCUT2D eigenvalue weighted by molar-refractivity contribution is 5.85. The van der Waals surface area contributed by atoms with Crippen LogP contribution in [0.3, 0.4) is 0 Å². The van der Waals surface area contributed by atoms with Gasteiger partial charge in [0.1, 0.15) is 17.9 Å². The SMILES string of the molecule is N#CC1=C(N)Nc2nc3ccccc3n2C1c1ccnc2ccccc12. The van der Waals surface area contributed by atoms with E-state index in [0.29, 0.717) is 17.3 Å². The minimum atomic E-state index is -0.364. The summed E-state index contributed by atoms with van der Waals surface area (Å²) in [4.78, 5) is 9.08. The first-order chi connectivity index (χ1) is 12.8. The Morgan fingerprint density at radius 2 is 1.81 bits per heavy atom. The Labute approximate surface area is 149 Å². The van der Waals surface area contributed by atoms with Gasteiger partial charge in [-0.1, -0.05) is 30.3 Å². The van der Waals surface area contributed by atoms with Gasteiger partial charge in [0.05, 0.1) is 22.1 Å². The van der Waals surface area contributed by atoms with E-state index in [9.17, 15) is 5.26 Å². The first kappa shape index (κ1) is 14.5. The van der Waals surface area contributed by atoms with Gasteiger partial charge in [-0.3, -0.25) is 9.55 Å². The summed E-state index contributed by atoms with van der Waals surface area (Å²) >= 11 is 0. The van der Waals surface area contributed by atoms with Crippen LogP contribution in [0.5, 0.6) is 0 Å². The Kier molecular flexibility index (Phi) is 2.97. The van der Waals surface area contributed by atoms with Crippen molar-refractivity contribution >= 4 is 27.9 Å². The molecule has 26 heavy (non-hydrogen) atoms. The number of benzene rings is 2. The molecule has 0 saturated carbocycles. The minimum absolute atomic E-state index is 0.334. The van der Waals surface area contributed by atoms with Gasteiger partial charge in [-0.2, -0.15) is 5.26 Å². The molecule has 0 bridgehead atoms. The van der Waals surface area contributed by atoms with Gasteiger partial charge in [-0.15, -0.1) is 0 Å². The van der Waals surface area contributed by atoms with Crippen molar-refractivity contribution in [1.82, 2.24) is 14.5 Å². The van der Waals surface area contributed by atoms with E-state index in [1.165, 1.54) is 0 Å². The largest absolute Gasteiger partial charge is 0.384 e. The van der Waals surface area contributed by atoms with Crippen molar-refractivity contribution in [2.45, 2.75) is 6.04 Å². The quantitative estimate of drug-likeness (QED) is 0.555. The predicted octanol–water partition coefficient (Wildman–Crippen LogP) is 3.29. The number of aromatic nitrogens is 3. The van der Waals surface area contributed by atoms with Crippen molar-refractivity contribution in [3.8, 4) is 6.07 Å². The molecule has 0 aliphatic carbocycles. The smallest absolute Gasteiger partial charge is 0.210 e. The van der Waals surface area contributed by atoms with Crippen LogP contribution in [-0.4, -0.2) is 14.5 Å². The molecule has 0 fully saturated rings. The van der Waals surface area contributed by atoms with Crippen LogP contribution in [0.1, 0.15) is 11.6 Å². The Morgan fingerprint density at radius 3 is 2.65 bits per heavy atom. The third-order valence-corrected chi connectivity index (χ3v) is 4.76. The van der Waals surface area contributed by atoms with Gasteiger partial charge in [0, 0.05) is 11.6 Å². The molecule has 2 aromatic heterocycles. The van der Waals surface area contributed by atoms with E-state index in [4.69, 9.17) is 5.73 Å². The molecule has 0 radical (unpaired) electrons. The van der Waals surface area contributed by atoms with Gasteiger partial charge in [0.2, 0.25) is 5.95 Å². The lowest BCUT2D eigenvalue weighted by atomic mass is 9.94. The zero-order valence-electron chi connectivity index (χ0n) is 13.7. The fraction of sp³-hybridized carbons (Fsp3) is 0.0500. The van der Waals surface area contributed by atoms with Crippen molar-refractivity contribution < 1.29 is 0 Å². The molecule has 3 heterocycles. The third-order valence-electron chi connectivity index (χ3n) is 4.76.